The second-order valence-corrected chi connectivity index (χ2v) is 5.70. The van der Waals surface area contributed by atoms with Crippen LogP contribution in [0.1, 0.15) is 21.6 Å². The number of nitrogens with zero attached hydrogens (tertiary/aromatic N) is 1. The van der Waals surface area contributed by atoms with E-state index in [4.69, 9.17) is 0 Å². The van der Waals surface area contributed by atoms with E-state index in [1.807, 2.05) is 31.2 Å². The number of carbonyl (C=O) groups is 1. The molecule has 2 aromatic carbocycles. The minimum absolute atomic E-state index is 0.253. The van der Waals surface area contributed by atoms with Crippen LogP contribution < -0.4 is 10.6 Å². The third kappa shape index (κ3) is 4.41. The maximum Gasteiger partial charge on any atom is 0.274 e. The number of hydrogen-bond acceptors (Lipinski definition) is 3. The van der Waals surface area contributed by atoms with Crippen molar-refractivity contribution in [3.63, 3.8) is 0 Å². The lowest BCUT2D eigenvalue weighted by Crippen LogP contribution is -2.13. The van der Waals surface area contributed by atoms with Gasteiger partial charge in [0.1, 0.15) is 11.5 Å². The average molecular weight is 335 g/mol. The third-order valence-electron chi connectivity index (χ3n) is 3.75. The van der Waals surface area contributed by atoms with Gasteiger partial charge in [0.15, 0.2) is 0 Å². The standard InChI is InChI=1S/C20H18FN3O/c1-14-6-8-16(9-7-14)24-20(25)19-11-10-17(13-23-19)22-12-15-4-2-3-5-18(15)21/h2-11,13,22H,12H2,1H3,(H,24,25). The lowest BCUT2D eigenvalue weighted by molar-refractivity contribution is 0.102. The molecule has 0 spiro atoms. The van der Waals surface area contributed by atoms with Crippen LogP contribution in [-0.4, -0.2) is 10.9 Å². The Morgan fingerprint density at radius 3 is 2.40 bits per heavy atom. The van der Waals surface area contributed by atoms with Crippen LogP contribution >= 0.6 is 0 Å². The Labute approximate surface area is 145 Å². The monoisotopic (exact) mass is 335 g/mol. The Balaban J connectivity index is 1.60. The highest BCUT2D eigenvalue weighted by molar-refractivity contribution is 6.02. The Morgan fingerprint density at radius 1 is 1.00 bits per heavy atom. The number of nitrogens with one attached hydrogen (secondary N) is 2. The van der Waals surface area contributed by atoms with Crippen molar-refractivity contribution in [3.05, 3.63) is 89.5 Å². The summed E-state index contributed by atoms with van der Waals surface area (Å²) in [5, 5.41) is 5.89. The van der Waals surface area contributed by atoms with E-state index in [0.717, 1.165) is 16.9 Å². The molecule has 0 saturated heterocycles. The number of benzene rings is 2. The molecule has 0 atom stereocenters. The van der Waals surface area contributed by atoms with Gasteiger partial charge >= 0.3 is 0 Å². The molecule has 4 nitrogen and oxygen atoms in total. The zero-order valence-electron chi connectivity index (χ0n) is 13.8. The third-order valence-corrected chi connectivity index (χ3v) is 3.75. The summed E-state index contributed by atoms with van der Waals surface area (Å²) in [6.45, 7) is 2.34. The van der Waals surface area contributed by atoms with Crippen LogP contribution in [0.5, 0.6) is 0 Å². The van der Waals surface area contributed by atoms with Gasteiger partial charge in [-0.15, -0.1) is 0 Å². The second-order valence-electron chi connectivity index (χ2n) is 5.70. The van der Waals surface area contributed by atoms with Gasteiger partial charge in [-0.2, -0.15) is 0 Å². The van der Waals surface area contributed by atoms with Crippen molar-refractivity contribution in [1.29, 1.82) is 0 Å². The van der Waals surface area contributed by atoms with E-state index in [-0.39, 0.29) is 11.7 Å². The van der Waals surface area contributed by atoms with Gasteiger partial charge < -0.3 is 10.6 Å². The Bertz CT molecular complexity index is 861. The van der Waals surface area contributed by atoms with Crippen molar-refractivity contribution in [2.45, 2.75) is 13.5 Å². The number of amides is 1. The van der Waals surface area contributed by atoms with Gasteiger partial charge in [0.25, 0.3) is 5.91 Å². The number of aromatic nitrogens is 1. The van der Waals surface area contributed by atoms with Crippen LogP contribution in [0.4, 0.5) is 15.8 Å². The molecule has 2 N–H and O–H groups in total. The average Bonchev–Trinajstić information content (AvgIpc) is 2.63. The quantitative estimate of drug-likeness (QED) is 0.727. The molecule has 0 aliphatic heterocycles. The molecule has 126 valence electrons. The summed E-state index contributed by atoms with van der Waals surface area (Å²) < 4.78 is 13.6. The molecule has 0 unspecified atom stereocenters. The first-order chi connectivity index (χ1) is 12.1. The molecule has 0 bridgehead atoms. The van der Waals surface area contributed by atoms with Crippen molar-refractivity contribution < 1.29 is 9.18 Å². The summed E-state index contributed by atoms with van der Waals surface area (Å²) in [4.78, 5) is 16.3. The molecular formula is C20H18FN3O. The lowest BCUT2D eigenvalue weighted by Gasteiger charge is -2.08. The number of halogens is 1. The SMILES string of the molecule is Cc1ccc(NC(=O)c2ccc(NCc3ccccc3F)cn2)cc1. The zero-order chi connectivity index (χ0) is 17.6. The molecule has 0 aliphatic rings. The molecular weight excluding hydrogens is 317 g/mol. The first-order valence-electron chi connectivity index (χ1n) is 7.93. The van der Waals surface area contributed by atoms with E-state index in [1.165, 1.54) is 6.07 Å². The van der Waals surface area contributed by atoms with Crippen LogP contribution in [0.2, 0.25) is 0 Å². The van der Waals surface area contributed by atoms with E-state index in [1.54, 1.807) is 36.5 Å². The minimum atomic E-state index is -0.274. The Morgan fingerprint density at radius 2 is 1.72 bits per heavy atom. The fourth-order valence-corrected chi connectivity index (χ4v) is 2.30. The first kappa shape index (κ1) is 16.6. The summed E-state index contributed by atoms with van der Waals surface area (Å²) in [6, 6.07) is 17.5. The van der Waals surface area contributed by atoms with Gasteiger partial charge in [0, 0.05) is 17.8 Å². The van der Waals surface area contributed by atoms with E-state index in [2.05, 4.69) is 15.6 Å². The molecule has 0 radical (unpaired) electrons. The minimum Gasteiger partial charge on any atom is -0.380 e. The molecule has 5 heteroatoms. The number of hydrogen-bond donors (Lipinski definition) is 2. The Kier molecular flexibility index (Phi) is 5.04. The van der Waals surface area contributed by atoms with Gasteiger partial charge in [0.05, 0.1) is 11.9 Å². The van der Waals surface area contributed by atoms with Crippen LogP contribution in [0.25, 0.3) is 0 Å². The van der Waals surface area contributed by atoms with E-state index < -0.39 is 0 Å². The van der Waals surface area contributed by atoms with Crippen molar-refractivity contribution in [1.82, 2.24) is 4.98 Å². The molecule has 1 heterocycles. The van der Waals surface area contributed by atoms with Crippen molar-refractivity contribution in [3.8, 4) is 0 Å². The van der Waals surface area contributed by atoms with Crippen LogP contribution in [0.3, 0.4) is 0 Å². The maximum atomic E-state index is 13.6. The highest BCUT2D eigenvalue weighted by atomic mass is 19.1. The van der Waals surface area contributed by atoms with Crippen LogP contribution in [-0.2, 0) is 6.54 Å². The first-order valence-corrected chi connectivity index (χ1v) is 7.93. The van der Waals surface area contributed by atoms with Gasteiger partial charge in [-0.1, -0.05) is 35.9 Å². The predicted octanol–water partition coefficient (Wildman–Crippen LogP) is 4.39. The topological polar surface area (TPSA) is 54.0 Å². The number of aryl methyl sites for hydroxylation is 1. The summed E-state index contributed by atoms with van der Waals surface area (Å²) in [5.41, 5.74) is 3.46. The molecule has 3 rings (SSSR count). The van der Waals surface area contributed by atoms with Gasteiger partial charge in [-0.25, -0.2) is 9.37 Å². The highest BCUT2D eigenvalue weighted by Crippen LogP contribution is 2.13. The summed E-state index contributed by atoms with van der Waals surface area (Å²) in [6.07, 6.45) is 1.56. The van der Waals surface area contributed by atoms with Crippen molar-refractivity contribution in [2.75, 3.05) is 10.6 Å². The number of pyridine rings is 1. The molecule has 25 heavy (non-hydrogen) atoms. The zero-order valence-corrected chi connectivity index (χ0v) is 13.8. The van der Waals surface area contributed by atoms with Crippen molar-refractivity contribution in [2.24, 2.45) is 0 Å². The highest BCUT2D eigenvalue weighted by Gasteiger charge is 2.08. The molecule has 0 fully saturated rings. The van der Waals surface area contributed by atoms with Crippen LogP contribution in [0, 0.1) is 12.7 Å². The lowest BCUT2D eigenvalue weighted by atomic mass is 10.2. The molecule has 3 aromatic rings. The maximum absolute atomic E-state index is 13.6. The number of anilines is 2. The summed E-state index contributed by atoms with van der Waals surface area (Å²) in [5.74, 6) is -0.526. The summed E-state index contributed by atoms with van der Waals surface area (Å²) in [7, 11) is 0. The fraction of sp³-hybridized carbons (Fsp3) is 0.100. The molecule has 0 aliphatic carbocycles. The molecule has 1 amide bonds. The fourth-order valence-electron chi connectivity index (χ4n) is 2.30. The predicted molar refractivity (Wildman–Crippen MR) is 97.1 cm³/mol. The smallest absolute Gasteiger partial charge is 0.274 e. The molecule has 0 saturated carbocycles. The number of carbonyl (C=O) groups excluding carboxylic acids is 1. The van der Waals surface area contributed by atoms with Gasteiger partial charge in [-0.05, 0) is 37.3 Å². The van der Waals surface area contributed by atoms with Gasteiger partial charge in [-0.3, -0.25) is 4.79 Å². The number of rotatable bonds is 5. The van der Waals surface area contributed by atoms with Gasteiger partial charge in [0.2, 0.25) is 0 Å². The summed E-state index contributed by atoms with van der Waals surface area (Å²) >= 11 is 0. The largest absolute Gasteiger partial charge is 0.380 e. The Hall–Kier alpha value is -3.21. The van der Waals surface area contributed by atoms with E-state index in [0.29, 0.717) is 17.8 Å². The molecule has 1 aromatic heterocycles. The van der Waals surface area contributed by atoms with E-state index in [9.17, 15) is 9.18 Å². The van der Waals surface area contributed by atoms with Crippen molar-refractivity contribution >= 4 is 17.3 Å². The van der Waals surface area contributed by atoms with E-state index >= 15 is 0 Å². The van der Waals surface area contributed by atoms with Crippen LogP contribution in [0.15, 0.2) is 66.9 Å². The normalized spacial score (nSPS) is 10.3. The second kappa shape index (κ2) is 7.57.